The number of hydrogen-bond donors (Lipinski definition) is 1. The van der Waals surface area contributed by atoms with Crippen molar-refractivity contribution < 1.29 is 9.90 Å². The summed E-state index contributed by atoms with van der Waals surface area (Å²) in [5.74, 6) is -0.903. The van der Waals surface area contributed by atoms with Crippen molar-refractivity contribution in [3.8, 4) is 0 Å². The van der Waals surface area contributed by atoms with Crippen molar-refractivity contribution in [1.82, 2.24) is 4.57 Å². The minimum absolute atomic E-state index is 0.0166. The maximum Gasteiger partial charge on any atom is 0.352 e. The molecule has 0 saturated carbocycles. The van der Waals surface area contributed by atoms with E-state index >= 15 is 0 Å². The molecule has 1 N–H and O–H groups in total. The van der Waals surface area contributed by atoms with Crippen LogP contribution in [0.3, 0.4) is 0 Å². The van der Waals surface area contributed by atoms with Crippen molar-refractivity contribution in [1.29, 1.82) is 0 Å². The molecule has 0 bridgehead atoms. The Bertz CT molecular complexity index is 594. The van der Waals surface area contributed by atoms with E-state index in [1.54, 1.807) is 10.6 Å². The number of carbonyl (C=O) groups is 1. The van der Waals surface area contributed by atoms with Crippen LogP contribution in [-0.2, 0) is 0 Å². The summed E-state index contributed by atoms with van der Waals surface area (Å²) in [5.41, 5.74) is 1.38. The Balaban J connectivity index is 2.45. The average Bonchev–Trinajstić information content (AvgIpc) is 2.70. The number of benzene rings is 1. The molecule has 0 aliphatic carbocycles. The van der Waals surface area contributed by atoms with Gasteiger partial charge >= 0.3 is 5.97 Å². The number of carboxylic acids is 1. The van der Waals surface area contributed by atoms with Crippen LogP contribution >= 0.6 is 38.5 Å². The molecule has 0 aliphatic rings. The molecule has 1 heterocycles. The van der Waals surface area contributed by atoms with Crippen LogP contribution in [0.5, 0.6) is 0 Å². The molecule has 0 amide bonds. The van der Waals surface area contributed by atoms with E-state index in [1.165, 1.54) is 0 Å². The van der Waals surface area contributed by atoms with Crippen molar-refractivity contribution in [2.45, 2.75) is 13.0 Å². The zero-order valence-electron chi connectivity index (χ0n) is 9.60. The first-order valence-corrected chi connectivity index (χ1v) is 7.22. The molecule has 0 saturated heterocycles. The molecule has 94 valence electrons. The molecule has 3 nitrogen and oxygen atoms in total. The standard InChI is InChI=1S/C13H11BrINO2/c1-8(9-3-2-4-10(14)5-9)16-7-11(15)6-12(16)13(17)18/h2-8H,1H3,(H,17,18). The lowest BCUT2D eigenvalue weighted by Crippen LogP contribution is -2.12. The summed E-state index contributed by atoms with van der Waals surface area (Å²) in [6.45, 7) is 1.99. The van der Waals surface area contributed by atoms with Crippen LogP contribution < -0.4 is 0 Å². The third kappa shape index (κ3) is 2.77. The summed E-state index contributed by atoms with van der Waals surface area (Å²) in [7, 11) is 0. The first-order valence-electron chi connectivity index (χ1n) is 5.35. The van der Waals surface area contributed by atoms with Crippen LogP contribution in [0.1, 0.15) is 29.0 Å². The number of hydrogen-bond acceptors (Lipinski definition) is 1. The van der Waals surface area contributed by atoms with Crippen LogP contribution in [0.4, 0.5) is 0 Å². The van der Waals surface area contributed by atoms with E-state index < -0.39 is 5.97 Å². The monoisotopic (exact) mass is 419 g/mol. The van der Waals surface area contributed by atoms with Crippen molar-refractivity contribution >= 4 is 44.5 Å². The highest BCUT2D eigenvalue weighted by Gasteiger charge is 2.17. The van der Waals surface area contributed by atoms with Crippen LogP contribution in [0.25, 0.3) is 0 Å². The minimum Gasteiger partial charge on any atom is -0.477 e. The van der Waals surface area contributed by atoms with Gasteiger partial charge in [-0.05, 0) is 53.3 Å². The van der Waals surface area contributed by atoms with E-state index in [2.05, 4.69) is 38.5 Å². The van der Waals surface area contributed by atoms with E-state index in [9.17, 15) is 9.90 Å². The molecule has 0 fully saturated rings. The molecular formula is C13H11BrINO2. The minimum atomic E-state index is -0.903. The molecule has 2 aromatic rings. The largest absolute Gasteiger partial charge is 0.477 e. The van der Waals surface area contributed by atoms with Gasteiger partial charge < -0.3 is 9.67 Å². The Kier molecular flexibility index (Phi) is 4.11. The van der Waals surface area contributed by atoms with Gasteiger partial charge in [0.1, 0.15) is 5.69 Å². The average molecular weight is 420 g/mol. The summed E-state index contributed by atoms with van der Waals surface area (Å²) in [4.78, 5) is 11.2. The summed E-state index contributed by atoms with van der Waals surface area (Å²) in [5, 5.41) is 9.20. The zero-order chi connectivity index (χ0) is 13.3. The van der Waals surface area contributed by atoms with E-state index in [1.807, 2.05) is 37.4 Å². The van der Waals surface area contributed by atoms with Crippen molar-refractivity contribution in [3.63, 3.8) is 0 Å². The second-order valence-corrected chi connectivity index (χ2v) is 6.15. The van der Waals surface area contributed by atoms with Gasteiger partial charge in [0.15, 0.2) is 0 Å². The lowest BCUT2D eigenvalue weighted by molar-refractivity contribution is 0.0684. The maximum atomic E-state index is 11.2. The first kappa shape index (κ1) is 13.6. The third-order valence-electron chi connectivity index (χ3n) is 2.78. The Labute approximate surface area is 127 Å². The Morgan fingerprint density at radius 2 is 2.17 bits per heavy atom. The lowest BCUT2D eigenvalue weighted by Gasteiger charge is -2.16. The van der Waals surface area contributed by atoms with Crippen molar-refractivity contribution in [2.75, 3.05) is 0 Å². The summed E-state index contributed by atoms with van der Waals surface area (Å²) in [6.07, 6.45) is 1.86. The number of rotatable bonds is 3. The van der Waals surface area contributed by atoms with Gasteiger partial charge in [-0.15, -0.1) is 0 Å². The fourth-order valence-corrected chi connectivity index (χ4v) is 2.88. The summed E-state index contributed by atoms with van der Waals surface area (Å²) < 4.78 is 3.70. The van der Waals surface area contributed by atoms with Gasteiger partial charge in [0.05, 0.1) is 6.04 Å². The molecule has 18 heavy (non-hydrogen) atoms. The van der Waals surface area contributed by atoms with E-state index in [-0.39, 0.29) is 6.04 Å². The molecule has 5 heteroatoms. The Morgan fingerprint density at radius 3 is 2.78 bits per heavy atom. The third-order valence-corrected chi connectivity index (χ3v) is 3.87. The highest BCUT2D eigenvalue weighted by Crippen LogP contribution is 2.25. The Morgan fingerprint density at radius 1 is 1.44 bits per heavy atom. The fraction of sp³-hybridized carbons (Fsp3) is 0.154. The highest BCUT2D eigenvalue weighted by atomic mass is 127. The number of halogens is 2. The molecule has 0 aliphatic heterocycles. The van der Waals surface area contributed by atoms with Crippen LogP contribution in [-0.4, -0.2) is 15.6 Å². The van der Waals surface area contributed by atoms with Crippen molar-refractivity contribution in [2.24, 2.45) is 0 Å². The quantitative estimate of drug-likeness (QED) is 0.759. The molecule has 1 aromatic heterocycles. The van der Waals surface area contributed by atoms with Gasteiger partial charge in [-0.25, -0.2) is 4.79 Å². The molecule has 0 spiro atoms. The maximum absolute atomic E-state index is 11.2. The summed E-state index contributed by atoms with van der Waals surface area (Å²) >= 11 is 5.55. The van der Waals surface area contributed by atoms with E-state index in [0.29, 0.717) is 5.69 Å². The fourth-order valence-electron chi connectivity index (χ4n) is 1.86. The second kappa shape index (κ2) is 5.44. The number of nitrogens with zero attached hydrogens (tertiary/aromatic N) is 1. The van der Waals surface area contributed by atoms with Gasteiger partial charge in [0, 0.05) is 14.2 Å². The zero-order valence-corrected chi connectivity index (χ0v) is 13.3. The topological polar surface area (TPSA) is 42.2 Å². The van der Waals surface area contributed by atoms with Crippen LogP contribution in [0.2, 0.25) is 0 Å². The predicted octanol–water partition coefficient (Wildman–Crippen LogP) is 4.16. The highest BCUT2D eigenvalue weighted by molar-refractivity contribution is 14.1. The van der Waals surface area contributed by atoms with Gasteiger partial charge in [-0.1, -0.05) is 28.1 Å². The number of aromatic carboxylic acids is 1. The lowest BCUT2D eigenvalue weighted by atomic mass is 10.1. The van der Waals surface area contributed by atoms with Gasteiger partial charge in [0.2, 0.25) is 0 Å². The van der Waals surface area contributed by atoms with Crippen LogP contribution in [0, 0.1) is 3.57 Å². The van der Waals surface area contributed by atoms with Crippen LogP contribution in [0.15, 0.2) is 41.0 Å². The molecule has 2 rings (SSSR count). The number of carboxylic acid groups (broad SMARTS) is 1. The van der Waals surface area contributed by atoms with Gasteiger partial charge in [0.25, 0.3) is 0 Å². The first-order chi connectivity index (χ1) is 8.49. The van der Waals surface area contributed by atoms with Crippen molar-refractivity contribution in [3.05, 3.63) is 55.8 Å². The molecule has 1 unspecified atom stereocenters. The molecule has 1 atom stereocenters. The molecule has 0 radical (unpaired) electrons. The normalized spacial score (nSPS) is 12.4. The SMILES string of the molecule is CC(c1cccc(Br)c1)n1cc(I)cc1C(=O)O. The summed E-state index contributed by atoms with van der Waals surface area (Å²) in [6, 6.07) is 9.56. The smallest absolute Gasteiger partial charge is 0.352 e. The van der Waals surface area contributed by atoms with Gasteiger partial charge in [-0.2, -0.15) is 0 Å². The second-order valence-electron chi connectivity index (χ2n) is 3.99. The Hall–Kier alpha value is -0.820. The van der Waals surface area contributed by atoms with E-state index in [0.717, 1.165) is 13.6 Å². The van der Waals surface area contributed by atoms with E-state index in [4.69, 9.17) is 0 Å². The number of aromatic nitrogens is 1. The molecular weight excluding hydrogens is 409 g/mol. The predicted molar refractivity (Wildman–Crippen MR) is 82.1 cm³/mol. The molecule has 1 aromatic carbocycles. The van der Waals surface area contributed by atoms with Gasteiger partial charge in [-0.3, -0.25) is 0 Å².